The Labute approximate surface area is 157 Å². The molecule has 3 atom stereocenters. The fraction of sp³-hybridized carbons (Fsp3) is 0.350. The average Bonchev–Trinajstić information content (AvgIpc) is 2.68. The molecule has 27 heavy (non-hydrogen) atoms. The smallest absolute Gasteiger partial charge is 0.306 e. The Bertz CT molecular complexity index is 824. The van der Waals surface area contributed by atoms with E-state index in [-0.39, 0.29) is 18.0 Å². The van der Waals surface area contributed by atoms with Crippen molar-refractivity contribution >= 4 is 11.7 Å². The van der Waals surface area contributed by atoms with Crippen molar-refractivity contribution in [1.82, 2.24) is 0 Å². The van der Waals surface area contributed by atoms with E-state index >= 15 is 0 Å². The van der Waals surface area contributed by atoms with Crippen LogP contribution in [0.2, 0.25) is 0 Å². The van der Waals surface area contributed by atoms with Crippen LogP contribution in [0.25, 0.3) is 0 Å². The Hall–Kier alpha value is -3.09. The van der Waals surface area contributed by atoms with Crippen LogP contribution in [0.5, 0.6) is 5.75 Å². The van der Waals surface area contributed by atoms with E-state index in [0.717, 1.165) is 11.3 Å². The third-order valence-electron chi connectivity index (χ3n) is 4.82. The maximum Gasteiger partial charge on any atom is 0.306 e. The van der Waals surface area contributed by atoms with Crippen LogP contribution in [0, 0.1) is 10.1 Å². The van der Waals surface area contributed by atoms with E-state index in [1.807, 2.05) is 36.4 Å². The van der Waals surface area contributed by atoms with Crippen molar-refractivity contribution in [2.45, 2.75) is 31.3 Å². The summed E-state index contributed by atoms with van der Waals surface area (Å²) in [7, 11) is 1.54. The quantitative estimate of drug-likeness (QED) is 0.475. The first-order chi connectivity index (χ1) is 13.0. The monoisotopic (exact) mass is 370 g/mol. The molecule has 0 fully saturated rings. The zero-order valence-corrected chi connectivity index (χ0v) is 15.3. The third kappa shape index (κ3) is 3.86. The summed E-state index contributed by atoms with van der Waals surface area (Å²) >= 11 is 0. The fourth-order valence-electron chi connectivity index (χ4n) is 3.61. The summed E-state index contributed by atoms with van der Waals surface area (Å²) in [4.78, 5) is 23.9. The van der Waals surface area contributed by atoms with Crippen molar-refractivity contribution in [3.05, 3.63) is 69.8 Å². The summed E-state index contributed by atoms with van der Waals surface area (Å²) in [5, 5.41) is 15.3. The molecule has 142 valence electrons. The van der Waals surface area contributed by atoms with Crippen molar-refractivity contribution in [3.63, 3.8) is 0 Å². The summed E-state index contributed by atoms with van der Waals surface area (Å²) in [6.45, 7) is 1.95. The molecule has 7 nitrogen and oxygen atoms in total. The van der Waals surface area contributed by atoms with Gasteiger partial charge in [-0.1, -0.05) is 30.3 Å². The summed E-state index contributed by atoms with van der Waals surface area (Å²) < 4.78 is 10.3. The summed E-state index contributed by atoms with van der Waals surface area (Å²) in [6.07, 6.45) is -0.0648. The predicted octanol–water partition coefficient (Wildman–Crippen LogP) is 3.54. The van der Waals surface area contributed by atoms with Gasteiger partial charge in [0.25, 0.3) is 0 Å². The number of benzene rings is 2. The molecule has 1 aliphatic rings. The molecule has 0 spiro atoms. The molecule has 0 bridgehead atoms. The summed E-state index contributed by atoms with van der Waals surface area (Å²) in [5.41, 5.74) is 2.25. The van der Waals surface area contributed by atoms with Gasteiger partial charge in [-0.15, -0.1) is 0 Å². The van der Waals surface area contributed by atoms with Crippen LogP contribution >= 0.6 is 0 Å². The molecule has 0 aliphatic carbocycles. The highest BCUT2D eigenvalue weighted by atomic mass is 16.6. The minimum Gasteiger partial charge on any atom is -0.497 e. The standard InChI is InChI=1S/C20H22N2O5/c1-3-27-18(23)12-16-15-11-14(26-2)9-10-17(15)21-19(20(16)22(24)25)13-7-5-4-6-8-13/h4-11,16,19-21H,3,12H2,1-2H3. The number of hydrogen-bond acceptors (Lipinski definition) is 6. The first-order valence-corrected chi connectivity index (χ1v) is 8.83. The van der Waals surface area contributed by atoms with Gasteiger partial charge in [0.15, 0.2) is 0 Å². The zero-order valence-electron chi connectivity index (χ0n) is 15.3. The highest BCUT2D eigenvalue weighted by molar-refractivity contribution is 5.72. The van der Waals surface area contributed by atoms with Crippen LogP contribution in [-0.2, 0) is 9.53 Å². The number of nitrogens with one attached hydrogen (secondary N) is 1. The number of nitro groups is 1. The second-order valence-corrected chi connectivity index (χ2v) is 6.38. The molecule has 3 unspecified atom stereocenters. The number of carbonyl (C=O) groups excluding carboxylic acids is 1. The van der Waals surface area contributed by atoms with Crippen molar-refractivity contribution in [2.24, 2.45) is 0 Å². The highest BCUT2D eigenvalue weighted by Crippen LogP contribution is 2.44. The Morgan fingerprint density at radius 2 is 1.96 bits per heavy atom. The number of hydrogen-bond donors (Lipinski definition) is 1. The van der Waals surface area contributed by atoms with Gasteiger partial charge in [-0.3, -0.25) is 14.9 Å². The van der Waals surface area contributed by atoms with Gasteiger partial charge in [-0.05, 0) is 36.2 Å². The van der Waals surface area contributed by atoms with E-state index in [1.165, 1.54) is 7.11 Å². The van der Waals surface area contributed by atoms with Gasteiger partial charge in [0.1, 0.15) is 11.8 Å². The fourth-order valence-corrected chi connectivity index (χ4v) is 3.61. The molecule has 0 amide bonds. The Morgan fingerprint density at radius 1 is 1.22 bits per heavy atom. The van der Waals surface area contributed by atoms with Crippen LogP contribution in [0.1, 0.15) is 36.4 Å². The van der Waals surface area contributed by atoms with Crippen LogP contribution in [-0.4, -0.2) is 30.7 Å². The number of fused-ring (bicyclic) bond motifs is 1. The number of rotatable bonds is 6. The molecule has 3 rings (SSSR count). The molecule has 2 aromatic rings. The first-order valence-electron chi connectivity index (χ1n) is 8.83. The van der Waals surface area contributed by atoms with Crippen molar-refractivity contribution in [3.8, 4) is 5.75 Å². The van der Waals surface area contributed by atoms with Crippen molar-refractivity contribution in [2.75, 3.05) is 19.0 Å². The average molecular weight is 370 g/mol. The molecular weight excluding hydrogens is 348 g/mol. The van der Waals surface area contributed by atoms with Gasteiger partial charge in [-0.25, -0.2) is 0 Å². The van der Waals surface area contributed by atoms with Gasteiger partial charge >= 0.3 is 5.97 Å². The van der Waals surface area contributed by atoms with Crippen LogP contribution < -0.4 is 10.1 Å². The SMILES string of the molecule is CCOC(=O)CC1c2cc(OC)ccc2NC(c2ccccc2)C1[N+](=O)[O-]. The van der Waals surface area contributed by atoms with Gasteiger partial charge in [0.2, 0.25) is 6.04 Å². The number of esters is 1. The highest BCUT2D eigenvalue weighted by Gasteiger charge is 2.46. The normalized spacial score (nSPS) is 20.9. The van der Waals surface area contributed by atoms with E-state index in [9.17, 15) is 14.9 Å². The molecule has 2 aromatic carbocycles. The topological polar surface area (TPSA) is 90.7 Å². The molecule has 0 aromatic heterocycles. The minimum atomic E-state index is -1.02. The van der Waals surface area contributed by atoms with Crippen molar-refractivity contribution < 1.29 is 19.2 Å². The van der Waals surface area contributed by atoms with E-state index in [0.29, 0.717) is 11.3 Å². The molecule has 0 radical (unpaired) electrons. The maximum atomic E-state index is 12.2. The Balaban J connectivity index is 2.09. The molecule has 0 saturated heterocycles. The number of ether oxygens (including phenoxy) is 2. The summed E-state index contributed by atoms with van der Waals surface area (Å²) in [5.74, 6) is -0.489. The van der Waals surface area contributed by atoms with E-state index in [2.05, 4.69) is 5.32 Å². The molecule has 1 aliphatic heterocycles. The summed E-state index contributed by atoms with van der Waals surface area (Å²) in [6, 6.07) is 13.1. The molecular formula is C20H22N2O5. The van der Waals surface area contributed by atoms with E-state index in [4.69, 9.17) is 9.47 Å². The minimum absolute atomic E-state index is 0.0648. The molecule has 7 heteroatoms. The second kappa shape index (κ2) is 8.07. The Kier molecular flexibility index (Phi) is 5.59. The van der Waals surface area contributed by atoms with Crippen LogP contribution in [0.3, 0.4) is 0 Å². The zero-order chi connectivity index (χ0) is 19.4. The van der Waals surface area contributed by atoms with Gasteiger partial charge in [0.05, 0.1) is 26.1 Å². The predicted molar refractivity (Wildman–Crippen MR) is 101 cm³/mol. The van der Waals surface area contributed by atoms with Crippen LogP contribution in [0.15, 0.2) is 48.5 Å². The molecule has 0 saturated carbocycles. The Morgan fingerprint density at radius 3 is 2.59 bits per heavy atom. The number of nitrogens with zero attached hydrogens (tertiary/aromatic N) is 1. The second-order valence-electron chi connectivity index (χ2n) is 6.38. The maximum absolute atomic E-state index is 12.2. The first kappa shape index (κ1) is 18.7. The number of carbonyl (C=O) groups is 1. The van der Waals surface area contributed by atoms with Crippen molar-refractivity contribution in [1.29, 1.82) is 0 Å². The van der Waals surface area contributed by atoms with E-state index in [1.54, 1.807) is 19.1 Å². The molecule has 1 N–H and O–H groups in total. The van der Waals surface area contributed by atoms with Gasteiger partial charge < -0.3 is 14.8 Å². The largest absolute Gasteiger partial charge is 0.497 e. The van der Waals surface area contributed by atoms with Crippen LogP contribution in [0.4, 0.5) is 5.69 Å². The lowest BCUT2D eigenvalue weighted by Crippen LogP contribution is -2.42. The lowest BCUT2D eigenvalue weighted by molar-refractivity contribution is -0.530. The lowest BCUT2D eigenvalue weighted by Gasteiger charge is -2.35. The van der Waals surface area contributed by atoms with Gasteiger partial charge in [-0.2, -0.15) is 0 Å². The number of anilines is 1. The van der Waals surface area contributed by atoms with E-state index < -0.39 is 24.0 Å². The lowest BCUT2D eigenvalue weighted by atomic mass is 9.78. The van der Waals surface area contributed by atoms with Gasteiger partial charge in [0, 0.05) is 10.6 Å². The third-order valence-corrected chi connectivity index (χ3v) is 4.82. The molecule has 1 heterocycles. The number of methoxy groups -OCH3 is 1.